The third kappa shape index (κ3) is 8.79. The molecule has 0 saturated carbocycles. The summed E-state index contributed by atoms with van der Waals surface area (Å²) in [4.78, 5) is 29.6. The second kappa shape index (κ2) is 15.9. The monoisotopic (exact) mass is 618 g/mol. The number of thiazole rings is 1. The van der Waals surface area contributed by atoms with Crippen molar-refractivity contribution in [2.75, 3.05) is 25.6 Å². The summed E-state index contributed by atoms with van der Waals surface area (Å²) in [6.07, 6.45) is 5.97. The van der Waals surface area contributed by atoms with Crippen molar-refractivity contribution in [1.82, 2.24) is 4.98 Å². The van der Waals surface area contributed by atoms with Crippen LogP contribution in [0.3, 0.4) is 0 Å². The second-order valence-electron chi connectivity index (χ2n) is 9.40. The number of hydrogen-bond donors (Lipinski definition) is 1. The van der Waals surface area contributed by atoms with Crippen LogP contribution in [0, 0.1) is 0 Å². The standard InChI is InChI=1S/C31H36Cl2N2O5S/c1-6-8-9-10-14-40-20(4)22-12-11-13-23(28(22)38-5)27-18-41-31(34-27)35-29(36)21-16-25(32)24(26(33)17-21)15-19(3)30(37)39-7-2/h11-13,15-18,20H,6-10,14H2,1-5H3,(H,34,35,36)/t20-/m0/s1. The molecule has 7 nitrogen and oxygen atoms in total. The number of benzene rings is 2. The Morgan fingerprint density at radius 2 is 1.85 bits per heavy atom. The van der Waals surface area contributed by atoms with Gasteiger partial charge in [0.15, 0.2) is 5.13 Å². The molecule has 0 aliphatic carbocycles. The zero-order valence-electron chi connectivity index (χ0n) is 24.0. The third-order valence-electron chi connectivity index (χ3n) is 6.35. The minimum Gasteiger partial charge on any atom is -0.496 e. The molecule has 0 unspecified atom stereocenters. The molecule has 1 N–H and O–H groups in total. The van der Waals surface area contributed by atoms with Gasteiger partial charge in [0, 0.05) is 39.8 Å². The number of esters is 1. The van der Waals surface area contributed by atoms with Gasteiger partial charge in [0.2, 0.25) is 0 Å². The Balaban J connectivity index is 1.76. The van der Waals surface area contributed by atoms with Gasteiger partial charge in [0.25, 0.3) is 5.91 Å². The molecule has 0 radical (unpaired) electrons. The minimum atomic E-state index is -0.465. The summed E-state index contributed by atoms with van der Waals surface area (Å²) in [6, 6.07) is 8.87. The topological polar surface area (TPSA) is 86.8 Å². The van der Waals surface area contributed by atoms with E-state index in [1.54, 1.807) is 21.0 Å². The van der Waals surface area contributed by atoms with E-state index in [0.717, 1.165) is 24.0 Å². The molecule has 10 heteroatoms. The van der Waals surface area contributed by atoms with Crippen molar-refractivity contribution >= 4 is 57.6 Å². The van der Waals surface area contributed by atoms with Gasteiger partial charge in [-0.05, 0) is 51.5 Å². The fourth-order valence-electron chi connectivity index (χ4n) is 4.18. The quantitative estimate of drug-likeness (QED) is 0.110. The van der Waals surface area contributed by atoms with Crippen LogP contribution in [0.4, 0.5) is 5.13 Å². The van der Waals surface area contributed by atoms with E-state index in [2.05, 4.69) is 17.2 Å². The molecule has 41 heavy (non-hydrogen) atoms. The van der Waals surface area contributed by atoms with Crippen molar-refractivity contribution in [3.63, 3.8) is 0 Å². The van der Waals surface area contributed by atoms with E-state index in [1.165, 1.54) is 42.4 Å². The maximum Gasteiger partial charge on any atom is 0.333 e. The van der Waals surface area contributed by atoms with Gasteiger partial charge in [-0.15, -0.1) is 11.3 Å². The summed E-state index contributed by atoms with van der Waals surface area (Å²) in [5, 5.41) is 5.55. The highest BCUT2D eigenvalue weighted by Crippen LogP contribution is 2.38. The van der Waals surface area contributed by atoms with Gasteiger partial charge in [-0.3, -0.25) is 10.1 Å². The molecule has 1 aromatic heterocycles. The SMILES string of the molecule is CCCCCCO[C@@H](C)c1cccc(-c2csc(NC(=O)c3cc(Cl)c(C=C(C)C(=O)OCC)c(Cl)c3)n2)c1OC. The van der Waals surface area contributed by atoms with E-state index in [0.29, 0.717) is 34.3 Å². The number of carbonyl (C=O) groups is 2. The number of methoxy groups -OCH3 is 1. The Kier molecular flexibility index (Phi) is 12.7. The smallest absolute Gasteiger partial charge is 0.333 e. The van der Waals surface area contributed by atoms with Crippen LogP contribution in [0.25, 0.3) is 17.3 Å². The summed E-state index contributed by atoms with van der Waals surface area (Å²) < 4.78 is 16.9. The molecule has 0 saturated heterocycles. The number of halogens is 2. The molecule has 1 atom stereocenters. The van der Waals surface area contributed by atoms with Gasteiger partial charge in [-0.25, -0.2) is 9.78 Å². The van der Waals surface area contributed by atoms with Crippen molar-refractivity contribution < 1.29 is 23.8 Å². The van der Waals surface area contributed by atoms with Crippen molar-refractivity contribution in [2.45, 2.75) is 59.5 Å². The lowest BCUT2D eigenvalue weighted by atomic mass is 10.0. The molecule has 1 amide bonds. The third-order valence-corrected chi connectivity index (χ3v) is 7.74. The van der Waals surface area contributed by atoms with Crippen LogP contribution >= 0.6 is 34.5 Å². The Morgan fingerprint density at radius 1 is 1.12 bits per heavy atom. The largest absolute Gasteiger partial charge is 0.496 e. The molecular weight excluding hydrogens is 583 g/mol. The van der Waals surface area contributed by atoms with E-state index >= 15 is 0 Å². The van der Waals surface area contributed by atoms with Crippen molar-refractivity contribution in [1.29, 1.82) is 0 Å². The Labute approximate surface area is 255 Å². The summed E-state index contributed by atoms with van der Waals surface area (Å²) >= 11 is 14.1. The molecule has 1 heterocycles. The lowest BCUT2D eigenvalue weighted by molar-refractivity contribution is -0.138. The molecule has 0 aliphatic rings. The van der Waals surface area contributed by atoms with E-state index < -0.39 is 11.9 Å². The van der Waals surface area contributed by atoms with Crippen molar-refractivity contribution in [3.05, 3.63) is 68.0 Å². The first kappa shape index (κ1) is 32.6. The first-order chi connectivity index (χ1) is 19.7. The highest BCUT2D eigenvalue weighted by Gasteiger charge is 2.20. The first-order valence-electron chi connectivity index (χ1n) is 13.6. The van der Waals surface area contributed by atoms with E-state index in [4.69, 9.17) is 37.4 Å². The number of nitrogens with zero attached hydrogens (tertiary/aromatic N) is 1. The molecule has 3 rings (SSSR count). The normalized spacial score (nSPS) is 12.2. The van der Waals surface area contributed by atoms with Gasteiger partial charge < -0.3 is 14.2 Å². The van der Waals surface area contributed by atoms with Crippen molar-refractivity contribution in [2.24, 2.45) is 0 Å². The van der Waals surface area contributed by atoms with Crippen LogP contribution < -0.4 is 10.1 Å². The molecule has 3 aromatic rings. The van der Waals surface area contributed by atoms with Crippen LogP contribution in [-0.2, 0) is 14.3 Å². The fraction of sp³-hybridized carbons (Fsp3) is 0.387. The zero-order valence-corrected chi connectivity index (χ0v) is 26.3. The average molecular weight is 620 g/mol. The van der Waals surface area contributed by atoms with Gasteiger partial charge >= 0.3 is 5.97 Å². The van der Waals surface area contributed by atoms with Gasteiger partial charge in [-0.2, -0.15) is 0 Å². The first-order valence-corrected chi connectivity index (χ1v) is 15.2. The average Bonchev–Trinajstić information content (AvgIpc) is 3.42. The number of ether oxygens (including phenoxy) is 3. The Bertz CT molecular complexity index is 1370. The number of amides is 1. The van der Waals surface area contributed by atoms with Crippen molar-refractivity contribution in [3.8, 4) is 17.0 Å². The predicted molar refractivity (Wildman–Crippen MR) is 167 cm³/mol. The van der Waals surface area contributed by atoms with Crippen LogP contribution in [0.5, 0.6) is 5.75 Å². The summed E-state index contributed by atoms with van der Waals surface area (Å²) in [7, 11) is 1.63. The van der Waals surface area contributed by atoms with Gasteiger partial charge in [-0.1, -0.05) is 61.5 Å². The lowest BCUT2D eigenvalue weighted by Crippen LogP contribution is -2.12. The molecule has 0 aliphatic heterocycles. The van der Waals surface area contributed by atoms with Gasteiger partial charge in [0.05, 0.1) is 35.6 Å². The number of anilines is 1. The predicted octanol–water partition coefficient (Wildman–Crippen LogP) is 9.00. The molecule has 2 aromatic carbocycles. The summed E-state index contributed by atoms with van der Waals surface area (Å²) in [5.41, 5.74) is 3.45. The van der Waals surface area contributed by atoms with E-state index in [1.807, 2.05) is 30.5 Å². The number of aromatic nitrogens is 1. The summed E-state index contributed by atoms with van der Waals surface area (Å²) in [6.45, 7) is 8.49. The van der Waals surface area contributed by atoms with Crippen LogP contribution in [-0.4, -0.2) is 37.2 Å². The minimum absolute atomic E-state index is 0.141. The van der Waals surface area contributed by atoms with Crippen LogP contribution in [0.2, 0.25) is 10.0 Å². The van der Waals surface area contributed by atoms with Crippen LogP contribution in [0.15, 0.2) is 41.3 Å². The highest BCUT2D eigenvalue weighted by molar-refractivity contribution is 7.14. The molecule has 220 valence electrons. The maximum absolute atomic E-state index is 13.0. The highest BCUT2D eigenvalue weighted by atomic mass is 35.5. The number of hydrogen-bond acceptors (Lipinski definition) is 7. The second-order valence-corrected chi connectivity index (χ2v) is 11.1. The fourth-order valence-corrected chi connectivity index (χ4v) is 5.48. The molecule has 0 spiro atoms. The number of carbonyl (C=O) groups excluding carboxylic acids is 2. The maximum atomic E-state index is 13.0. The van der Waals surface area contributed by atoms with E-state index in [-0.39, 0.29) is 28.3 Å². The van der Waals surface area contributed by atoms with Crippen LogP contribution in [0.1, 0.15) is 81.0 Å². The number of nitrogens with one attached hydrogen (secondary N) is 1. The Hall–Kier alpha value is -2.91. The zero-order chi connectivity index (χ0) is 29.9. The molecule has 0 fully saturated rings. The number of para-hydroxylation sites is 1. The summed E-state index contributed by atoms with van der Waals surface area (Å²) in [5.74, 6) is -0.192. The number of unbranched alkanes of at least 4 members (excludes halogenated alkanes) is 3. The van der Waals surface area contributed by atoms with E-state index in [9.17, 15) is 9.59 Å². The lowest BCUT2D eigenvalue weighted by Gasteiger charge is -2.18. The number of rotatable bonds is 14. The molecular formula is C31H36Cl2N2O5S. The van der Waals surface area contributed by atoms with Gasteiger partial charge in [0.1, 0.15) is 5.75 Å². The Morgan fingerprint density at radius 3 is 2.51 bits per heavy atom. The molecule has 0 bridgehead atoms.